The van der Waals surface area contributed by atoms with Crippen LogP contribution >= 0.6 is 11.6 Å². The second-order valence-corrected chi connectivity index (χ2v) is 13.4. The first kappa shape index (κ1) is 30.8. The average Bonchev–Trinajstić information content (AvgIpc) is 3.58. The number of carbonyl (C=O) groups excluding carboxylic acids is 1. The number of carbonyl (C=O) groups is 1. The second kappa shape index (κ2) is 12.4. The molecule has 1 aliphatic carbocycles. The van der Waals surface area contributed by atoms with Crippen LogP contribution in [0.1, 0.15) is 43.2 Å². The quantitative estimate of drug-likeness (QED) is 0.225. The summed E-state index contributed by atoms with van der Waals surface area (Å²) in [6.45, 7) is 13.0. The van der Waals surface area contributed by atoms with Gasteiger partial charge in [-0.1, -0.05) is 36.4 Å². The summed E-state index contributed by atoms with van der Waals surface area (Å²) in [5.41, 5.74) is 4.95. The summed E-state index contributed by atoms with van der Waals surface area (Å²) in [4.78, 5) is 31.4. The Morgan fingerprint density at radius 2 is 1.98 bits per heavy atom. The van der Waals surface area contributed by atoms with E-state index >= 15 is 0 Å². The van der Waals surface area contributed by atoms with Gasteiger partial charge in [0.25, 0.3) is 5.91 Å². The van der Waals surface area contributed by atoms with Gasteiger partial charge < -0.3 is 19.4 Å². The van der Waals surface area contributed by atoms with E-state index in [9.17, 15) is 13.6 Å². The molecular formula is C35H37ClF2N6O2. The zero-order chi connectivity index (χ0) is 32.0. The van der Waals surface area contributed by atoms with E-state index in [4.69, 9.17) is 32.9 Å². The lowest BCUT2D eigenvalue weighted by Gasteiger charge is -2.39. The first-order valence-corrected chi connectivity index (χ1v) is 16.5. The van der Waals surface area contributed by atoms with Crippen LogP contribution in [0, 0.1) is 6.57 Å². The normalized spacial score (nSPS) is 24.5. The predicted molar refractivity (Wildman–Crippen MR) is 175 cm³/mol. The van der Waals surface area contributed by atoms with Crippen molar-refractivity contribution in [3.05, 3.63) is 70.3 Å². The molecule has 3 aromatic rings. The van der Waals surface area contributed by atoms with Crippen molar-refractivity contribution >= 4 is 34.2 Å². The maximum atomic E-state index is 14.5. The molecule has 11 heteroatoms. The number of fused-ring (bicyclic) bond motifs is 3. The van der Waals surface area contributed by atoms with E-state index in [1.165, 1.54) is 22.4 Å². The third-order valence-corrected chi connectivity index (χ3v) is 10.6. The van der Waals surface area contributed by atoms with Gasteiger partial charge in [-0.3, -0.25) is 9.69 Å². The number of aromatic nitrogens is 2. The number of hydrogen-bond acceptors (Lipinski definition) is 6. The van der Waals surface area contributed by atoms with E-state index in [1.54, 1.807) is 0 Å². The molecule has 0 radical (unpaired) electrons. The fourth-order valence-corrected chi connectivity index (χ4v) is 8.30. The van der Waals surface area contributed by atoms with Crippen LogP contribution in [0.15, 0.2) is 42.7 Å². The molecule has 0 spiro atoms. The van der Waals surface area contributed by atoms with Crippen molar-refractivity contribution in [3.63, 3.8) is 0 Å². The molecule has 3 saturated heterocycles. The molecule has 8 nitrogen and oxygen atoms in total. The van der Waals surface area contributed by atoms with Crippen molar-refractivity contribution in [2.75, 3.05) is 50.8 Å². The summed E-state index contributed by atoms with van der Waals surface area (Å²) in [5, 5.41) is 1.29. The van der Waals surface area contributed by atoms with Crippen LogP contribution < -0.4 is 9.64 Å². The lowest BCUT2D eigenvalue weighted by molar-refractivity contribution is -0.131. The molecule has 0 N–H and O–H groups in total. The van der Waals surface area contributed by atoms with Gasteiger partial charge in [0.2, 0.25) is 6.54 Å². The third kappa shape index (κ3) is 5.58. The van der Waals surface area contributed by atoms with Crippen LogP contribution in [0.3, 0.4) is 0 Å². The highest BCUT2D eigenvalue weighted by Crippen LogP contribution is 2.42. The van der Waals surface area contributed by atoms with E-state index in [2.05, 4.69) is 34.5 Å². The van der Waals surface area contributed by atoms with Crippen LogP contribution in [-0.4, -0.2) is 89.3 Å². The number of ether oxygens (including phenoxy) is 1. The summed E-state index contributed by atoms with van der Waals surface area (Å²) in [6.07, 6.45) is 5.77. The third-order valence-electron chi connectivity index (χ3n) is 10.2. The van der Waals surface area contributed by atoms with Gasteiger partial charge in [-0.2, -0.15) is 9.97 Å². The van der Waals surface area contributed by atoms with E-state index in [1.807, 2.05) is 17.0 Å². The molecule has 4 heterocycles. The highest BCUT2D eigenvalue weighted by Gasteiger charge is 2.49. The molecule has 1 aromatic heterocycles. The van der Waals surface area contributed by atoms with Gasteiger partial charge >= 0.3 is 6.01 Å². The highest BCUT2D eigenvalue weighted by molar-refractivity contribution is 6.34. The predicted octanol–water partition coefficient (Wildman–Crippen LogP) is 6.20. The van der Waals surface area contributed by atoms with Gasteiger partial charge in [0.1, 0.15) is 24.6 Å². The summed E-state index contributed by atoms with van der Waals surface area (Å²) in [7, 11) is 0. The van der Waals surface area contributed by atoms with E-state index < -0.39 is 23.9 Å². The van der Waals surface area contributed by atoms with E-state index in [0.717, 1.165) is 49.8 Å². The van der Waals surface area contributed by atoms with Gasteiger partial charge in [0, 0.05) is 48.6 Å². The monoisotopic (exact) mass is 646 g/mol. The molecule has 1 amide bonds. The fraction of sp³-hybridized carbons (Fsp3) is 0.486. The smallest absolute Gasteiger partial charge is 0.319 e. The number of alkyl halides is 1. The van der Waals surface area contributed by atoms with Crippen LogP contribution in [0.2, 0.25) is 5.02 Å². The standard InChI is InChI=1S/C35H37ClF2N6O2/c1-22(37)33(45)44-14-13-42(20-25(44)18-39-2)32-29-15-30(36)28(27-10-5-8-23-7-3-4-9-26(23)27)16-31(29)40-34(41-32)46-21-35-11-6-12-43(35)19-24(38)17-35/h5,8,10,15-16,24-25H,1,3-4,6-7,9,11-14,17-21H2/t24-,25+,35+/m1/s1. The average molecular weight is 647 g/mol. The fourth-order valence-electron chi connectivity index (χ4n) is 8.04. The lowest BCUT2D eigenvalue weighted by atomic mass is 9.86. The van der Waals surface area contributed by atoms with Crippen molar-refractivity contribution in [2.24, 2.45) is 0 Å². The molecule has 46 heavy (non-hydrogen) atoms. The molecule has 240 valence electrons. The zero-order valence-corrected chi connectivity index (χ0v) is 26.5. The minimum atomic E-state index is -1.04. The van der Waals surface area contributed by atoms with Gasteiger partial charge in [0.15, 0.2) is 5.83 Å². The minimum Gasteiger partial charge on any atom is -0.461 e. The van der Waals surface area contributed by atoms with Gasteiger partial charge in [-0.05, 0) is 73.9 Å². The number of nitrogens with zero attached hydrogens (tertiary/aromatic N) is 6. The van der Waals surface area contributed by atoms with Crippen LogP contribution in [0.25, 0.3) is 26.9 Å². The van der Waals surface area contributed by atoms with Crippen molar-refractivity contribution < 1.29 is 18.3 Å². The Balaban J connectivity index is 1.29. The largest absolute Gasteiger partial charge is 0.461 e. The Hall–Kier alpha value is -3.81. The van der Waals surface area contributed by atoms with Gasteiger partial charge in [-0.25, -0.2) is 15.4 Å². The Morgan fingerprint density at radius 1 is 1.13 bits per heavy atom. The first-order chi connectivity index (χ1) is 22.3. The van der Waals surface area contributed by atoms with Gasteiger partial charge in [0.05, 0.1) is 11.1 Å². The lowest BCUT2D eigenvalue weighted by Crippen LogP contribution is -2.56. The first-order valence-electron chi connectivity index (χ1n) is 16.1. The molecule has 0 bridgehead atoms. The molecule has 0 unspecified atom stereocenters. The SMILES string of the molecule is [C-]#[N+]C[C@H]1CN(c2nc(OC[C@@]34CCCN3C[C@H](F)C4)nc3cc(-c4cccc5c4CCCC5)c(Cl)cc23)CCN1C(=O)C(=C)F. The van der Waals surface area contributed by atoms with Crippen molar-refractivity contribution in [2.45, 2.75) is 62.7 Å². The van der Waals surface area contributed by atoms with E-state index in [0.29, 0.717) is 41.3 Å². The summed E-state index contributed by atoms with van der Waals surface area (Å²) in [5.74, 6) is -1.27. The number of benzene rings is 2. The summed E-state index contributed by atoms with van der Waals surface area (Å²) in [6, 6.07) is 9.90. The molecule has 4 aliphatic rings. The number of rotatable bonds is 7. The minimum absolute atomic E-state index is 0.00860. The Morgan fingerprint density at radius 3 is 2.80 bits per heavy atom. The van der Waals surface area contributed by atoms with Gasteiger partial charge in [-0.15, -0.1) is 0 Å². The molecule has 3 atom stereocenters. The molecule has 7 rings (SSSR count). The summed E-state index contributed by atoms with van der Waals surface area (Å²) >= 11 is 7.04. The number of piperazine rings is 1. The maximum Gasteiger partial charge on any atom is 0.319 e. The Labute approximate surface area is 272 Å². The van der Waals surface area contributed by atoms with Crippen molar-refractivity contribution in [1.29, 1.82) is 0 Å². The van der Waals surface area contributed by atoms with Crippen LogP contribution in [0.5, 0.6) is 6.01 Å². The number of halogens is 3. The summed E-state index contributed by atoms with van der Waals surface area (Å²) < 4.78 is 34.7. The molecule has 0 saturated carbocycles. The van der Waals surface area contributed by atoms with E-state index in [-0.39, 0.29) is 37.8 Å². The topological polar surface area (TPSA) is 66.2 Å². The number of aryl methyl sites for hydroxylation is 1. The molecule has 3 aliphatic heterocycles. The van der Waals surface area contributed by atoms with Crippen molar-refractivity contribution in [3.8, 4) is 17.1 Å². The number of anilines is 1. The molecule has 2 aromatic carbocycles. The number of amides is 1. The Bertz CT molecular complexity index is 1750. The second-order valence-electron chi connectivity index (χ2n) is 13.0. The Kier molecular flexibility index (Phi) is 8.32. The molecule has 3 fully saturated rings. The molecular weight excluding hydrogens is 610 g/mol. The van der Waals surface area contributed by atoms with Crippen molar-refractivity contribution in [1.82, 2.24) is 19.8 Å². The van der Waals surface area contributed by atoms with Crippen LogP contribution in [0.4, 0.5) is 14.6 Å². The van der Waals surface area contributed by atoms with Crippen LogP contribution in [-0.2, 0) is 17.6 Å². The highest BCUT2D eigenvalue weighted by atomic mass is 35.5. The zero-order valence-electron chi connectivity index (χ0n) is 25.8. The maximum absolute atomic E-state index is 14.5. The number of hydrogen-bond donors (Lipinski definition) is 0.